The Morgan fingerprint density at radius 2 is 1.76 bits per heavy atom. The number of piperazine rings is 1. The number of carbonyl (C=O) groups excluding carboxylic acids is 3. The highest BCUT2D eigenvalue weighted by molar-refractivity contribution is 6.31. The number of hydrogen-bond acceptors (Lipinski definition) is 13. The minimum absolute atomic E-state index is 0. The van der Waals surface area contributed by atoms with Gasteiger partial charge in [0.2, 0.25) is 5.78 Å². The van der Waals surface area contributed by atoms with Crippen LogP contribution in [-0.4, -0.2) is 136 Å². The molecule has 0 amide bonds. The zero-order valence-electron chi connectivity index (χ0n) is 27.7. The van der Waals surface area contributed by atoms with Gasteiger partial charge in [-0.15, -0.1) is 12.4 Å². The number of nitrogens with zero attached hydrogens (tertiary/aromatic N) is 3. The Balaban J connectivity index is 0.00000468. The summed E-state index contributed by atoms with van der Waals surface area (Å²) in [6.45, 7) is 5.81. The van der Waals surface area contributed by atoms with Crippen LogP contribution in [0.4, 0.5) is 0 Å². The average molecular weight is 704 g/mol. The van der Waals surface area contributed by atoms with E-state index < -0.39 is 95.7 Å². The van der Waals surface area contributed by atoms with Crippen LogP contribution in [0.25, 0.3) is 0 Å². The highest BCUT2D eigenvalue weighted by Crippen LogP contribution is 2.52. The second-order valence-electron chi connectivity index (χ2n) is 13.0. The number of amidine groups is 1. The molecule has 2 fully saturated rings. The summed E-state index contributed by atoms with van der Waals surface area (Å²) in [5.41, 5.74) is -3.60. The van der Waals surface area contributed by atoms with Crippen molar-refractivity contribution in [3.8, 4) is 17.2 Å². The van der Waals surface area contributed by atoms with Gasteiger partial charge in [0.1, 0.15) is 35.6 Å². The molecule has 0 saturated carbocycles. The number of fused-ring (bicyclic) bond motifs is 3. The molecular weight excluding hydrogens is 662 g/mol. The molecule has 4 aliphatic rings. The number of ether oxygens (including phenoxy) is 3. The van der Waals surface area contributed by atoms with E-state index in [1.165, 1.54) is 25.3 Å². The number of benzene rings is 2. The van der Waals surface area contributed by atoms with E-state index >= 15 is 0 Å². The number of halogens is 1. The summed E-state index contributed by atoms with van der Waals surface area (Å²) in [6, 6.07) is 3.76. The number of rotatable bonds is 6. The Bertz CT molecular complexity index is 1690. The van der Waals surface area contributed by atoms with Crippen molar-refractivity contribution >= 4 is 35.6 Å². The quantitative estimate of drug-likeness (QED) is 0.139. The number of methoxy groups -OCH3 is 1. The predicted octanol–water partition coefficient (Wildman–Crippen LogP) is 1.13. The fourth-order valence-electron chi connectivity index (χ4n) is 7.27. The van der Waals surface area contributed by atoms with Crippen LogP contribution in [-0.2, 0) is 20.7 Å². The van der Waals surface area contributed by atoms with E-state index in [9.17, 15) is 39.9 Å². The van der Waals surface area contributed by atoms with E-state index in [-0.39, 0.29) is 46.8 Å². The molecule has 14 nitrogen and oxygen atoms in total. The minimum Gasteiger partial charge on any atom is -0.507 e. The molecule has 0 aromatic heterocycles. The van der Waals surface area contributed by atoms with Gasteiger partial charge in [0.05, 0.1) is 47.9 Å². The predicted molar refractivity (Wildman–Crippen MR) is 177 cm³/mol. The van der Waals surface area contributed by atoms with Crippen molar-refractivity contribution in [1.29, 1.82) is 0 Å². The number of hydrogen-bond donors (Lipinski definition) is 5. The summed E-state index contributed by atoms with van der Waals surface area (Å²) in [6.07, 6.45) is -5.12. The first-order chi connectivity index (χ1) is 22.8. The van der Waals surface area contributed by atoms with Crippen molar-refractivity contribution in [2.75, 3.05) is 46.9 Å². The lowest BCUT2D eigenvalue weighted by Gasteiger charge is -2.42. The second-order valence-corrected chi connectivity index (χ2v) is 13.0. The van der Waals surface area contributed by atoms with Gasteiger partial charge < -0.3 is 49.5 Å². The lowest BCUT2D eigenvalue weighted by Crippen LogP contribution is -2.51. The lowest BCUT2D eigenvalue weighted by molar-refractivity contribution is -0.247. The van der Waals surface area contributed by atoms with Crippen LogP contribution in [0.5, 0.6) is 17.2 Å². The molecule has 3 unspecified atom stereocenters. The van der Waals surface area contributed by atoms with Crippen LogP contribution in [0.3, 0.4) is 0 Å². The molecule has 15 heteroatoms. The number of aliphatic hydroxyl groups excluding tert-OH is 2. The van der Waals surface area contributed by atoms with Crippen molar-refractivity contribution in [3.63, 3.8) is 0 Å². The number of aliphatic imine (C=N–C) groups is 1. The summed E-state index contributed by atoms with van der Waals surface area (Å²) >= 11 is 0. The van der Waals surface area contributed by atoms with Gasteiger partial charge in [-0.3, -0.25) is 19.4 Å². The topological polar surface area (TPSA) is 199 Å². The Kier molecular flexibility index (Phi) is 10.4. The zero-order chi connectivity index (χ0) is 34.7. The molecule has 2 aromatic carbocycles. The number of ketones is 3. The van der Waals surface area contributed by atoms with Crippen molar-refractivity contribution in [2.45, 2.75) is 69.4 Å². The third-order valence-electron chi connectivity index (χ3n) is 10.0. The molecule has 0 radical (unpaired) electrons. The maximum atomic E-state index is 13.9. The van der Waals surface area contributed by atoms with E-state index in [2.05, 4.69) is 9.80 Å². The number of aliphatic hydroxyl groups is 3. The van der Waals surface area contributed by atoms with Crippen molar-refractivity contribution in [2.24, 2.45) is 4.99 Å². The first-order valence-corrected chi connectivity index (χ1v) is 16.0. The standard InChI is InChI=1S/C34H41N3O11.ClH/c1-16-29(40)20(35-17(2)37-10-8-36(3)9-11-37)12-24(47-16)48-22-14-34(45,23(39)15-38)13-19-26(22)33(44)28-27(31(19)42)30(41)18-6-5-7-21(46-4)25(18)32(28)43;/h5-7,16,20,22,24,29,38,40,42,44-45H,8-15H2,1-4H3;1H/t16?,20-,22-,24?,29+,34?;/m0./s1. The molecule has 0 spiro atoms. The van der Waals surface area contributed by atoms with Gasteiger partial charge in [0.25, 0.3) is 0 Å². The number of phenolic OH excluding ortho intramolecular Hbond substituents is 2. The molecule has 5 N–H and O–H groups in total. The van der Waals surface area contributed by atoms with Crippen LogP contribution in [0.2, 0.25) is 0 Å². The second kappa shape index (κ2) is 13.9. The fourth-order valence-corrected chi connectivity index (χ4v) is 7.27. The lowest BCUT2D eigenvalue weighted by atomic mass is 9.72. The maximum absolute atomic E-state index is 13.9. The Hall–Kier alpha value is -3.63. The van der Waals surface area contributed by atoms with Crippen LogP contribution in [0, 0.1) is 0 Å². The van der Waals surface area contributed by atoms with Gasteiger partial charge in [-0.2, -0.15) is 0 Å². The molecule has 6 atom stereocenters. The SMILES string of the molecule is COc1cccc2c1C(=O)c1c(O)c3c(c(O)c1C2=O)CC(O)(C(=O)CO)C[C@@H]3OC1C[C@H](N=C(C)N2CCN(C)CC2)[C@H](O)C(C)O1.Cl. The molecule has 2 aromatic rings. The first kappa shape index (κ1) is 36.6. The number of aromatic hydroxyl groups is 2. The molecule has 0 bridgehead atoms. The summed E-state index contributed by atoms with van der Waals surface area (Å²) in [5, 5.41) is 55.6. The molecule has 49 heavy (non-hydrogen) atoms. The monoisotopic (exact) mass is 703 g/mol. The highest BCUT2D eigenvalue weighted by atomic mass is 35.5. The van der Waals surface area contributed by atoms with Crippen molar-refractivity contribution in [3.05, 3.63) is 51.6 Å². The molecule has 266 valence electrons. The minimum atomic E-state index is -2.26. The fraction of sp³-hybridized carbons (Fsp3) is 0.529. The summed E-state index contributed by atoms with van der Waals surface area (Å²) in [5.74, 6) is -2.98. The molecule has 6 rings (SSSR count). The summed E-state index contributed by atoms with van der Waals surface area (Å²) in [7, 11) is 3.38. The number of carbonyl (C=O) groups is 3. The largest absolute Gasteiger partial charge is 0.507 e. The van der Waals surface area contributed by atoms with Gasteiger partial charge in [-0.05, 0) is 27.0 Å². The average Bonchev–Trinajstić information content (AvgIpc) is 3.06. The molecule has 2 heterocycles. The molecule has 2 saturated heterocycles. The van der Waals surface area contributed by atoms with Crippen molar-refractivity contribution < 1.29 is 54.1 Å². The Morgan fingerprint density at radius 1 is 1.08 bits per heavy atom. The Labute approximate surface area is 289 Å². The van der Waals surface area contributed by atoms with Gasteiger partial charge in [0.15, 0.2) is 17.9 Å². The van der Waals surface area contributed by atoms with E-state index in [0.29, 0.717) is 0 Å². The van der Waals surface area contributed by atoms with E-state index in [0.717, 1.165) is 32.0 Å². The Morgan fingerprint density at radius 3 is 2.41 bits per heavy atom. The van der Waals surface area contributed by atoms with Gasteiger partial charge in [-0.25, -0.2) is 0 Å². The number of likely N-dealkylation sites (N-methyl/N-ethyl adjacent to an activating group) is 1. The third kappa shape index (κ3) is 6.31. The smallest absolute Gasteiger partial charge is 0.202 e. The van der Waals surface area contributed by atoms with Crippen molar-refractivity contribution in [1.82, 2.24) is 9.80 Å². The molecule has 2 aliphatic carbocycles. The first-order valence-electron chi connectivity index (χ1n) is 16.0. The van der Waals surface area contributed by atoms with Crippen LogP contribution in [0.1, 0.15) is 75.8 Å². The maximum Gasteiger partial charge on any atom is 0.202 e. The third-order valence-corrected chi connectivity index (χ3v) is 10.0. The van der Waals surface area contributed by atoms with E-state index in [1.807, 2.05) is 14.0 Å². The highest BCUT2D eigenvalue weighted by Gasteiger charge is 2.50. The molecular formula is C34H42ClN3O11. The van der Waals surface area contributed by atoms with Crippen LogP contribution < -0.4 is 4.74 Å². The summed E-state index contributed by atoms with van der Waals surface area (Å²) < 4.78 is 17.6. The van der Waals surface area contributed by atoms with E-state index in [4.69, 9.17) is 19.2 Å². The van der Waals surface area contributed by atoms with Gasteiger partial charge >= 0.3 is 0 Å². The van der Waals surface area contributed by atoms with Gasteiger partial charge in [0, 0.05) is 62.1 Å². The van der Waals surface area contributed by atoms with Crippen LogP contribution in [0.15, 0.2) is 23.2 Å². The van der Waals surface area contributed by atoms with Gasteiger partial charge in [-0.1, -0.05) is 12.1 Å². The normalized spacial score (nSPS) is 28.7. The van der Waals surface area contributed by atoms with Crippen LogP contribution >= 0.6 is 12.4 Å². The summed E-state index contributed by atoms with van der Waals surface area (Å²) in [4.78, 5) is 49.6. The molecule has 2 aliphatic heterocycles. The van der Waals surface area contributed by atoms with E-state index in [1.54, 1.807) is 6.92 Å². The number of phenols is 2. The number of Topliss-reactive ketones (excluding diaryl/α,β-unsaturated/α-hetero) is 1. The zero-order valence-corrected chi connectivity index (χ0v) is 28.5.